The van der Waals surface area contributed by atoms with Crippen molar-refractivity contribution < 1.29 is 9.84 Å². The van der Waals surface area contributed by atoms with E-state index in [2.05, 4.69) is 11.8 Å². The van der Waals surface area contributed by atoms with E-state index < -0.39 is 0 Å². The molecule has 104 valence electrons. The van der Waals surface area contributed by atoms with Gasteiger partial charge in [-0.05, 0) is 24.5 Å². The van der Waals surface area contributed by atoms with Crippen LogP contribution in [0.5, 0.6) is 5.75 Å². The minimum Gasteiger partial charge on any atom is -0.497 e. The first-order valence-electron chi connectivity index (χ1n) is 6.48. The van der Waals surface area contributed by atoms with Gasteiger partial charge in [0.25, 0.3) is 0 Å². The molecule has 0 aromatic heterocycles. The van der Waals surface area contributed by atoms with Crippen LogP contribution in [-0.2, 0) is 0 Å². The SMILES string of the molecule is COc1ccc(C(=N)N)c(N2CCC(C)C(O)C2)c1. The molecular formula is C14H21N3O2. The van der Waals surface area contributed by atoms with Gasteiger partial charge in [-0.3, -0.25) is 5.41 Å². The van der Waals surface area contributed by atoms with E-state index in [0.717, 1.165) is 24.4 Å². The molecule has 19 heavy (non-hydrogen) atoms. The van der Waals surface area contributed by atoms with Gasteiger partial charge in [0.2, 0.25) is 0 Å². The van der Waals surface area contributed by atoms with E-state index in [-0.39, 0.29) is 11.9 Å². The fourth-order valence-corrected chi connectivity index (χ4v) is 2.40. The first kappa shape index (κ1) is 13.7. The van der Waals surface area contributed by atoms with Gasteiger partial charge in [-0.1, -0.05) is 6.92 Å². The normalized spacial score (nSPS) is 23.2. The number of hydrogen-bond donors (Lipinski definition) is 3. The second-order valence-corrected chi connectivity index (χ2v) is 5.08. The quantitative estimate of drug-likeness (QED) is 0.565. The smallest absolute Gasteiger partial charge is 0.124 e. The monoisotopic (exact) mass is 263 g/mol. The Morgan fingerprint density at radius 3 is 2.84 bits per heavy atom. The number of aliphatic hydroxyl groups excluding tert-OH is 1. The fraction of sp³-hybridized carbons (Fsp3) is 0.500. The highest BCUT2D eigenvalue weighted by atomic mass is 16.5. The molecule has 1 aromatic carbocycles. The molecule has 1 aliphatic heterocycles. The van der Waals surface area contributed by atoms with Crippen molar-refractivity contribution in [3.05, 3.63) is 23.8 Å². The second kappa shape index (κ2) is 5.48. The van der Waals surface area contributed by atoms with Crippen LogP contribution >= 0.6 is 0 Å². The summed E-state index contributed by atoms with van der Waals surface area (Å²) in [7, 11) is 1.61. The Bertz CT molecular complexity index is 476. The second-order valence-electron chi connectivity index (χ2n) is 5.08. The molecular weight excluding hydrogens is 242 g/mol. The Morgan fingerprint density at radius 2 is 2.26 bits per heavy atom. The lowest BCUT2D eigenvalue weighted by Gasteiger charge is -2.36. The van der Waals surface area contributed by atoms with Gasteiger partial charge in [0, 0.05) is 24.7 Å². The molecule has 0 radical (unpaired) electrons. The fourth-order valence-electron chi connectivity index (χ4n) is 2.40. The number of β-amino-alcohol motifs (C(OH)–C–C–N with tert-alkyl or cyclic N) is 1. The summed E-state index contributed by atoms with van der Waals surface area (Å²) in [6.45, 7) is 3.47. The van der Waals surface area contributed by atoms with Crippen molar-refractivity contribution in [3.63, 3.8) is 0 Å². The number of amidine groups is 1. The number of piperidine rings is 1. The maximum Gasteiger partial charge on any atom is 0.124 e. The third-order valence-electron chi connectivity index (χ3n) is 3.75. The van der Waals surface area contributed by atoms with Crippen LogP contribution in [0, 0.1) is 11.3 Å². The summed E-state index contributed by atoms with van der Waals surface area (Å²) in [5.74, 6) is 1.07. The number of nitrogens with two attached hydrogens (primary N) is 1. The van der Waals surface area contributed by atoms with Gasteiger partial charge < -0.3 is 20.5 Å². The summed E-state index contributed by atoms with van der Waals surface area (Å²) >= 11 is 0. The number of hydrogen-bond acceptors (Lipinski definition) is 4. The maximum atomic E-state index is 10.0. The highest BCUT2D eigenvalue weighted by molar-refractivity contribution is 6.00. The maximum absolute atomic E-state index is 10.0. The highest BCUT2D eigenvalue weighted by Crippen LogP contribution is 2.29. The van der Waals surface area contributed by atoms with Crippen molar-refractivity contribution in [3.8, 4) is 5.75 Å². The van der Waals surface area contributed by atoms with E-state index in [4.69, 9.17) is 15.9 Å². The van der Waals surface area contributed by atoms with Crippen LogP contribution in [-0.4, -0.2) is 37.2 Å². The molecule has 1 heterocycles. The Morgan fingerprint density at radius 1 is 1.53 bits per heavy atom. The Labute approximate surface area is 113 Å². The number of methoxy groups -OCH3 is 1. The Balaban J connectivity index is 2.34. The molecule has 5 heteroatoms. The van der Waals surface area contributed by atoms with E-state index in [0.29, 0.717) is 18.0 Å². The van der Waals surface area contributed by atoms with E-state index in [1.54, 1.807) is 19.2 Å². The molecule has 5 nitrogen and oxygen atoms in total. The highest BCUT2D eigenvalue weighted by Gasteiger charge is 2.26. The number of benzene rings is 1. The molecule has 0 spiro atoms. The number of anilines is 1. The van der Waals surface area contributed by atoms with Gasteiger partial charge in [0.15, 0.2) is 0 Å². The van der Waals surface area contributed by atoms with Crippen molar-refractivity contribution in [2.75, 3.05) is 25.1 Å². The first-order valence-corrected chi connectivity index (χ1v) is 6.48. The molecule has 2 rings (SSSR count). The average molecular weight is 263 g/mol. The summed E-state index contributed by atoms with van der Waals surface area (Å²) < 4.78 is 5.23. The van der Waals surface area contributed by atoms with Gasteiger partial charge in [-0.25, -0.2) is 0 Å². The molecule has 0 saturated carbocycles. The number of nitrogens with zero attached hydrogens (tertiary/aromatic N) is 1. The zero-order valence-electron chi connectivity index (χ0n) is 11.4. The van der Waals surface area contributed by atoms with E-state index in [9.17, 15) is 5.11 Å². The van der Waals surface area contributed by atoms with Crippen LogP contribution in [0.4, 0.5) is 5.69 Å². The molecule has 0 amide bonds. The molecule has 2 atom stereocenters. The van der Waals surface area contributed by atoms with Gasteiger partial charge in [0.05, 0.1) is 18.9 Å². The number of ether oxygens (including phenoxy) is 1. The summed E-state index contributed by atoms with van der Waals surface area (Å²) in [5, 5.41) is 17.7. The minimum absolute atomic E-state index is 0.0331. The van der Waals surface area contributed by atoms with Crippen molar-refractivity contribution in [2.24, 2.45) is 11.7 Å². The molecule has 2 unspecified atom stereocenters. The topological polar surface area (TPSA) is 82.6 Å². The summed E-state index contributed by atoms with van der Waals surface area (Å²) in [6.07, 6.45) is 0.579. The summed E-state index contributed by atoms with van der Waals surface area (Å²) in [5.41, 5.74) is 7.17. The third kappa shape index (κ3) is 2.81. The molecule has 0 aliphatic carbocycles. The van der Waals surface area contributed by atoms with Crippen molar-refractivity contribution >= 4 is 11.5 Å². The van der Waals surface area contributed by atoms with Gasteiger partial charge in [-0.2, -0.15) is 0 Å². The Hall–Kier alpha value is -1.75. The average Bonchev–Trinajstić information content (AvgIpc) is 2.41. The molecule has 1 saturated heterocycles. The third-order valence-corrected chi connectivity index (χ3v) is 3.75. The van der Waals surface area contributed by atoms with Crippen molar-refractivity contribution in [1.29, 1.82) is 5.41 Å². The Kier molecular flexibility index (Phi) is 3.95. The van der Waals surface area contributed by atoms with Crippen molar-refractivity contribution in [2.45, 2.75) is 19.4 Å². The van der Waals surface area contributed by atoms with Gasteiger partial charge in [0.1, 0.15) is 11.6 Å². The van der Waals surface area contributed by atoms with Crippen LogP contribution in [0.2, 0.25) is 0 Å². The number of aliphatic hydroxyl groups is 1. The lowest BCUT2D eigenvalue weighted by atomic mass is 9.95. The predicted octanol–water partition coefficient (Wildman–Crippen LogP) is 1.19. The standard InChI is InChI=1S/C14H21N3O2/c1-9-5-6-17(8-13(9)18)12-7-10(19-2)3-4-11(12)14(15)16/h3-4,7,9,13,18H,5-6,8H2,1-2H3,(H3,15,16). The van der Waals surface area contributed by atoms with Crippen molar-refractivity contribution in [1.82, 2.24) is 0 Å². The molecule has 1 aromatic rings. The van der Waals surface area contributed by atoms with Crippen LogP contribution in [0.3, 0.4) is 0 Å². The van der Waals surface area contributed by atoms with Crippen LogP contribution < -0.4 is 15.4 Å². The molecule has 1 fully saturated rings. The van der Waals surface area contributed by atoms with Crippen LogP contribution in [0.1, 0.15) is 18.9 Å². The van der Waals surface area contributed by atoms with Gasteiger partial charge in [-0.15, -0.1) is 0 Å². The largest absolute Gasteiger partial charge is 0.497 e. The lowest BCUT2D eigenvalue weighted by molar-refractivity contribution is 0.103. The number of nitrogen functional groups attached to an aromatic ring is 1. The predicted molar refractivity (Wildman–Crippen MR) is 76.0 cm³/mol. The van der Waals surface area contributed by atoms with E-state index in [1.807, 2.05) is 6.07 Å². The van der Waals surface area contributed by atoms with E-state index in [1.165, 1.54) is 0 Å². The zero-order valence-corrected chi connectivity index (χ0v) is 11.4. The molecule has 4 N–H and O–H groups in total. The minimum atomic E-state index is -0.347. The van der Waals surface area contributed by atoms with Crippen LogP contribution in [0.15, 0.2) is 18.2 Å². The number of nitrogens with one attached hydrogen (secondary N) is 1. The summed E-state index contributed by atoms with van der Waals surface area (Å²) in [4.78, 5) is 2.07. The summed E-state index contributed by atoms with van der Waals surface area (Å²) in [6, 6.07) is 5.46. The lowest BCUT2D eigenvalue weighted by Crippen LogP contribution is -2.43. The molecule has 0 bridgehead atoms. The zero-order chi connectivity index (χ0) is 14.0. The first-order chi connectivity index (χ1) is 9.02. The van der Waals surface area contributed by atoms with Crippen LogP contribution in [0.25, 0.3) is 0 Å². The van der Waals surface area contributed by atoms with E-state index >= 15 is 0 Å². The van der Waals surface area contributed by atoms with Gasteiger partial charge >= 0.3 is 0 Å². The molecule has 1 aliphatic rings. The number of rotatable bonds is 3.